The van der Waals surface area contributed by atoms with Crippen molar-refractivity contribution in [1.82, 2.24) is 5.32 Å². The maximum absolute atomic E-state index is 11.7. The first-order valence-electron chi connectivity index (χ1n) is 7.51. The van der Waals surface area contributed by atoms with E-state index in [4.69, 9.17) is 5.73 Å². The van der Waals surface area contributed by atoms with Crippen LogP contribution in [0.5, 0.6) is 0 Å². The lowest BCUT2D eigenvalue weighted by molar-refractivity contribution is -0.121. The third-order valence-electron chi connectivity index (χ3n) is 4.43. The molecule has 1 unspecified atom stereocenters. The maximum atomic E-state index is 11.7. The van der Waals surface area contributed by atoms with Crippen LogP contribution in [0.3, 0.4) is 0 Å². The maximum Gasteiger partial charge on any atom is 0.220 e. The topological polar surface area (TPSA) is 55.1 Å². The summed E-state index contributed by atoms with van der Waals surface area (Å²) >= 11 is 0. The number of rotatable bonds is 6. The molecule has 3 nitrogen and oxygen atoms in total. The molecule has 0 bridgehead atoms. The molecule has 3 N–H and O–H groups in total. The van der Waals surface area contributed by atoms with Gasteiger partial charge in [-0.05, 0) is 49.9 Å². The molecule has 1 atom stereocenters. The summed E-state index contributed by atoms with van der Waals surface area (Å²) in [6.45, 7) is 7.39. The summed E-state index contributed by atoms with van der Waals surface area (Å²) < 4.78 is 0. The zero-order valence-electron chi connectivity index (χ0n) is 12.2. The van der Waals surface area contributed by atoms with Crippen LogP contribution >= 0.6 is 0 Å². The normalized spacial score (nSPS) is 26.1. The zero-order valence-corrected chi connectivity index (χ0v) is 12.2. The standard InChI is InChI=1S/C15H30N2O/c1-11(2)12(3)10-17-15(18)9-6-13-4-7-14(16)8-5-13/h11-14H,4-10,16H2,1-3H3,(H,17,18). The van der Waals surface area contributed by atoms with E-state index in [2.05, 4.69) is 26.1 Å². The van der Waals surface area contributed by atoms with Gasteiger partial charge in [0, 0.05) is 19.0 Å². The minimum Gasteiger partial charge on any atom is -0.356 e. The van der Waals surface area contributed by atoms with Gasteiger partial charge < -0.3 is 11.1 Å². The fourth-order valence-corrected chi connectivity index (χ4v) is 2.41. The van der Waals surface area contributed by atoms with E-state index in [0.29, 0.717) is 24.3 Å². The van der Waals surface area contributed by atoms with Gasteiger partial charge in [0.25, 0.3) is 0 Å². The summed E-state index contributed by atoms with van der Waals surface area (Å²) in [6.07, 6.45) is 6.40. The van der Waals surface area contributed by atoms with E-state index in [9.17, 15) is 4.79 Å². The summed E-state index contributed by atoms with van der Waals surface area (Å²) in [5.74, 6) is 2.13. The SMILES string of the molecule is CC(C)C(C)CNC(=O)CCC1CCC(N)CC1. The third kappa shape index (κ3) is 5.85. The number of hydrogen-bond acceptors (Lipinski definition) is 2. The number of amides is 1. The first-order valence-corrected chi connectivity index (χ1v) is 7.51. The molecule has 0 saturated heterocycles. The van der Waals surface area contributed by atoms with Crippen molar-refractivity contribution in [3.63, 3.8) is 0 Å². The second-order valence-corrected chi connectivity index (χ2v) is 6.34. The Morgan fingerprint density at radius 1 is 1.22 bits per heavy atom. The van der Waals surface area contributed by atoms with E-state index in [1.807, 2.05) is 0 Å². The Kier molecular flexibility index (Phi) is 6.69. The predicted octanol–water partition coefficient (Wildman–Crippen LogP) is 2.69. The van der Waals surface area contributed by atoms with Crippen molar-refractivity contribution < 1.29 is 4.79 Å². The molecule has 0 aromatic heterocycles. The highest BCUT2D eigenvalue weighted by Gasteiger charge is 2.19. The van der Waals surface area contributed by atoms with Crippen molar-refractivity contribution in [2.75, 3.05) is 6.54 Å². The van der Waals surface area contributed by atoms with E-state index in [1.54, 1.807) is 0 Å². The van der Waals surface area contributed by atoms with E-state index < -0.39 is 0 Å². The van der Waals surface area contributed by atoms with Crippen molar-refractivity contribution in [2.24, 2.45) is 23.5 Å². The zero-order chi connectivity index (χ0) is 13.5. The van der Waals surface area contributed by atoms with Crippen molar-refractivity contribution >= 4 is 5.91 Å². The van der Waals surface area contributed by atoms with Gasteiger partial charge in [-0.3, -0.25) is 4.79 Å². The number of nitrogens with two attached hydrogens (primary N) is 1. The molecule has 18 heavy (non-hydrogen) atoms. The van der Waals surface area contributed by atoms with Gasteiger partial charge in [-0.1, -0.05) is 20.8 Å². The molecule has 0 radical (unpaired) electrons. The van der Waals surface area contributed by atoms with Crippen molar-refractivity contribution in [3.8, 4) is 0 Å². The Labute approximate surface area is 112 Å². The third-order valence-corrected chi connectivity index (χ3v) is 4.43. The first-order chi connectivity index (χ1) is 8.49. The van der Waals surface area contributed by atoms with E-state index in [1.165, 1.54) is 12.8 Å². The summed E-state index contributed by atoms with van der Waals surface area (Å²) in [5.41, 5.74) is 5.88. The predicted molar refractivity (Wildman–Crippen MR) is 76.2 cm³/mol. The number of nitrogens with one attached hydrogen (secondary N) is 1. The smallest absolute Gasteiger partial charge is 0.220 e. The lowest BCUT2D eigenvalue weighted by atomic mass is 9.84. The fourth-order valence-electron chi connectivity index (χ4n) is 2.41. The minimum absolute atomic E-state index is 0.220. The van der Waals surface area contributed by atoms with Gasteiger partial charge in [0.2, 0.25) is 5.91 Å². The molecule has 1 aliphatic carbocycles. The van der Waals surface area contributed by atoms with Crippen LogP contribution in [0.2, 0.25) is 0 Å². The second kappa shape index (κ2) is 7.78. The molecular formula is C15H30N2O. The van der Waals surface area contributed by atoms with Gasteiger partial charge in [0.15, 0.2) is 0 Å². The molecule has 0 heterocycles. The second-order valence-electron chi connectivity index (χ2n) is 6.34. The van der Waals surface area contributed by atoms with Gasteiger partial charge >= 0.3 is 0 Å². The number of carbonyl (C=O) groups excluding carboxylic acids is 1. The summed E-state index contributed by atoms with van der Waals surface area (Å²) in [7, 11) is 0. The van der Waals surface area contributed by atoms with Gasteiger partial charge in [-0.2, -0.15) is 0 Å². The van der Waals surface area contributed by atoms with Crippen molar-refractivity contribution in [2.45, 2.75) is 65.3 Å². The van der Waals surface area contributed by atoms with Crippen LogP contribution in [-0.2, 0) is 4.79 Å². The fraction of sp³-hybridized carbons (Fsp3) is 0.933. The Balaban J connectivity index is 2.10. The molecule has 0 aliphatic heterocycles. The summed E-state index contributed by atoms with van der Waals surface area (Å²) in [6, 6.07) is 0.405. The van der Waals surface area contributed by atoms with Crippen LogP contribution in [0.25, 0.3) is 0 Å². The number of hydrogen-bond donors (Lipinski definition) is 2. The van der Waals surface area contributed by atoms with Crippen LogP contribution < -0.4 is 11.1 Å². The Hall–Kier alpha value is -0.570. The molecule has 1 fully saturated rings. The van der Waals surface area contributed by atoms with Crippen LogP contribution in [0.1, 0.15) is 59.3 Å². The molecule has 1 saturated carbocycles. The largest absolute Gasteiger partial charge is 0.356 e. The number of carbonyl (C=O) groups is 1. The highest BCUT2D eigenvalue weighted by Crippen LogP contribution is 2.26. The lowest BCUT2D eigenvalue weighted by Gasteiger charge is -2.25. The average Bonchev–Trinajstić information content (AvgIpc) is 2.35. The Morgan fingerprint density at radius 3 is 2.39 bits per heavy atom. The molecule has 1 rings (SSSR count). The van der Waals surface area contributed by atoms with Crippen LogP contribution in [0, 0.1) is 17.8 Å². The molecule has 1 aliphatic rings. The van der Waals surface area contributed by atoms with Crippen molar-refractivity contribution in [1.29, 1.82) is 0 Å². The van der Waals surface area contributed by atoms with E-state index in [-0.39, 0.29) is 5.91 Å². The molecule has 0 aromatic rings. The quantitative estimate of drug-likeness (QED) is 0.765. The highest BCUT2D eigenvalue weighted by molar-refractivity contribution is 5.75. The first kappa shape index (κ1) is 15.5. The molecule has 0 aromatic carbocycles. The summed E-state index contributed by atoms with van der Waals surface area (Å²) in [4.78, 5) is 11.7. The minimum atomic E-state index is 0.220. The van der Waals surface area contributed by atoms with Crippen LogP contribution in [0.4, 0.5) is 0 Å². The molecule has 3 heteroatoms. The van der Waals surface area contributed by atoms with E-state index in [0.717, 1.165) is 31.7 Å². The molecule has 1 amide bonds. The Morgan fingerprint density at radius 2 is 1.83 bits per heavy atom. The van der Waals surface area contributed by atoms with Gasteiger partial charge in [0.05, 0.1) is 0 Å². The average molecular weight is 254 g/mol. The monoisotopic (exact) mass is 254 g/mol. The van der Waals surface area contributed by atoms with E-state index >= 15 is 0 Å². The van der Waals surface area contributed by atoms with Gasteiger partial charge in [-0.25, -0.2) is 0 Å². The van der Waals surface area contributed by atoms with Crippen molar-refractivity contribution in [3.05, 3.63) is 0 Å². The van der Waals surface area contributed by atoms with Gasteiger partial charge in [-0.15, -0.1) is 0 Å². The molecule has 106 valence electrons. The summed E-state index contributed by atoms with van der Waals surface area (Å²) in [5, 5.41) is 3.05. The van der Waals surface area contributed by atoms with Crippen LogP contribution in [0.15, 0.2) is 0 Å². The highest BCUT2D eigenvalue weighted by atomic mass is 16.1. The Bertz CT molecular complexity index is 245. The molecular weight excluding hydrogens is 224 g/mol. The van der Waals surface area contributed by atoms with Gasteiger partial charge in [0.1, 0.15) is 0 Å². The lowest BCUT2D eigenvalue weighted by Crippen LogP contribution is -2.31. The van der Waals surface area contributed by atoms with Crippen LogP contribution in [-0.4, -0.2) is 18.5 Å². The molecule has 0 spiro atoms.